The number of amides is 1. The molecule has 0 radical (unpaired) electrons. The van der Waals surface area contributed by atoms with Gasteiger partial charge < -0.3 is 9.84 Å². The van der Waals surface area contributed by atoms with Gasteiger partial charge in [-0.2, -0.15) is 0 Å². The number of carboxylic acids is 1. The lowest BCUT2D eigenvalue weighted by Crippen LogP contribution is -2.59. The van der Waals surface area contributed by atoms with Crippen LogP contribution in [0.3, 0.4) is 0 Å². The molecular formula is C12H21NO6S. The molecule has 0 bridgehead atoms. The van der Waals surface area contributed by atoms with Crippen LogP contribution in [0, 0.1) is 0 Å². The van der Waals surface area contributed by atoms with Crippen LogP contribution in [-0.4, -0.2) is 53.3 Å². The molecule has 1 saturated heterocycles. The van der Waals surface area contributed by atoms with Crippen molar-refractivity contribution in [3.8, 4) is 0 Å². The van der Waals surface area contributed by atoms with Crippen LogP contribution in [0.25, 0.3) is 0 Å². The van der Waals surface area contributed by atoms with Crippen molar-refractivity contribution in [3.63, 3.8) is 0 Å². The van der Waals surface area contributed by atoms with Crippen molar-refractivity contribution in [2.24, 2.45) is 0 Å². The third-order valence-corrected chi connectivity index (χ3v) is 5.56. The molecule has 1 aliphatic rings. The molecule has 1 N–H and O–H groups in total. The number of carboxylic acid groups (broad SMARTS) is 1. The summed E-state index contributed by atoms with van der Waals surface area (Å²) in [6.45, 7) is 6.33. The number of rotatable bonds is 3. The molecule has 1 aliphatic heterocycles. The summed E-state index contributed by atoms with van der Waals surface area (Å²) in [4.78, 5) is 22.3. The molecule has 1 heterocycles. The summed E-state index contributed by atoms with van der Waals surface area (Å²) in [5, 5.41) is 9.42. The van der Waals surface area contributed by atoms with Crippen LogP contribution in [0.15, 0.2) is 0 Å². The number of nitrogens with zero attached hydrogens (tertiary/aromatic N) is 1. The minimum atomic E-state index is -3.98. The zero-order chi connectivity index (χ0) is 15.8. The number of hydrogen-bond acceptors (Lipinski definition) is 5. The average Bonchev–Trinajstić information content (AvgIpc) is 2.72. The van der Waals surface area contributed by atoms with Gasteiger partial charge in [0.1, 0.15) is 5.60 Å². The molecule has 1 amide bonds. The van der Waals surface area contributed by atoms with Gasteiger partial charge >= 0.3 is 12.1 Å². The van der Waals surface area contributed by atoms with Gasteiger partial charge in [-0.1, -0.05) is 6.92 Å². The van der Waals surface area contributed by atoms with E-state index in [1.165, 1.54) is 6.92 Å². The van der Waals surface area contributed by atoms with Crippen molar-refractivity contribution >= 4 is 21.9 Å². The Bertz CT molecular complexity index is 507. The van der Waals surface area contributed by atoms with Crippen LogP contribution in [0.2, 0.25) is 0 Å². The van der Waals surface area contributed by atoms with E-state index in [0.717, 1.165) is 4.90 Å². The first kappa shape index (κ1) is 16.7. The number of likely N-dealkylation sites (tertiary alicyclic amines) is 1. The molecule has 116 valence electrons. The van der Waals surface area contributed by atoms with Crippen molar-refractivity contribution in [2.75, 3.05) is 12.3 Å². The summed E-state index contributed by atoms with van der Waals surface area (Å²) in [6.07, 6.45) is -0.711. The second kappa shape index (κ2) is 5.23. The van der Waals surface area contributed by atoms with Crippen molar-refractivity contribution < 1.29 is 27.9 Å². The SMILES string of the molecule is CCS(=O)(=O)C1(C(=O)O)CCCN1C(=O)OC(C)(C)C. The molecule has 8 heteroatoms. The van der Waals surface area contributed by atoms with Gasteiger partial charge in [0.2, 0.25) is 4.87 Å². The van der Waals surface area contributed by atoms with Gasteiger partial charge in [-0.25, -0.2) is 18.0 Å². The van der Waals surface area contributed by atoms with E-state index in [-0.39, 0.29) is 18.7 Å². The highest BCUT2D eigenvalue weighted by Crippen LogP contribution is 2.36. The molecule has 0 spiro atoms. The van der Waals surface area contributed by atoms with Crippen LogP contribution in [0.5, 0.6) is 0 Å². The van der Waals surface area contributed by atoms with Gasteiger partial charge in [0.15, 0.2) is 9.84 Å². The van der Waals surface area contributed by atoms with Crippen molar-refractivity contribution in [2.45, 2.75) is 51.0 Å². The minimum Gasteiger partial charge on any atom is -0.479 e. The zero-order valence-corrected chi connectivity index (χ0v) is 13.0. The molecule has 0 saturated carbocycles. The van der Waals surface area contributed by atoms with E-state index >= 15 is 0 Å². The first-order valence-electron chi connectivity index (χ1n) is 6.44. The Labute approximate surface area is 118 Å². The Morgan fingerprint density at radius 3 is 2.30 bits per heavy atom. The highest BCUT2D eigenvalue weighted by atomic mass is 32.2. The Morgan fingerprint density at radius 2 is 1.90 bits per heavy atom. The molecule has 0 aromatic heterocycles. The quantitative estimate of drug-likeness (QED) is 0.841. The van der Waals surface area contributed by atoms with E-state index in [1.54, 1.807) is 20.8 Å². The maximum Gasteiger partial charge on any atom is 0.412 e. The molecule has 0 aromatic carbocycles. The number of aliphatic carboxylic acids is 1. The maximum atomic E-state index is 12.2. The molecule has 20 heavy (non-hydrogen) atoms. The smallest absolute Gasteiger partial charge is 0.412 e. The summed E-state index contributed by atoms with van der Waals surface area (Å²) in [5.41, 5.74) is -0.820. The second-order valence-corrected chi connectivity index (χ2v) is 8.21. The Balaban J connectivity index is 3.25. The predicted molar refractivity (Wildman–Crippen MR) is 72.0 cm³/mol. The fourth-order valence-corrected chi connectivity index (χ4v) is 3.97. The maximum absolute atomic E-state index is 12.2. The number of carbonyl (C=O) groups is 2. The van der Waals surface area contributed by atoms with Crippen LogP contribution in [0.4, 0.5) is 4.79 Å². The molecule has 1 unspecified atom stereocenters. The minimum absolute atomic E-state index is 0.0560. The lowest BCUT2D eigenvalue weighted by molar-refractivity contribution is -0.144. The van der Waals surface area contributed by atoms with Crippen molar-refractivity contribution in [3.05, 3.63) is 0 Å². The van der Waals surface area contributed by atoms with E-state index in [9.17, 15) is 23.1 Å². The third kappa shape index (κ3) is 2.74. The van der Waals surface area contributed by atoms with E-state index in [2.05, 4.69) is 0 Å². The summed E-state index contributed by atoms with van der Waals surface area (Å²) in [6, 6.07) is 0. The monoisotopic (exact) mass is 307 g/mol. The normalized spacial score (nSPS) is 23.7. The fourth-order valence-electron chi connectivity index (χ4n) is 2.27. The third-order valence-electron chi connectivity index (χ3n) is 3.18. The van der Waals surface area contributed by atoms with E-state index < -0.39 is 32.4 Å². The molecule has 0 aliphatic carbocycles. The molecular weight excluding hydrogens is 286 g/mol. The van der Waals surface area contributed by atoms with Crippen LogP contribution in [-0.2, 0) is 19.4 Å². The van der Waals surface area contributed by atoms with Crippen molar-refractivity contribution in [1.82, 2.24) is 4.90 Å². The highest BCUT2D eigenvalue weighted by molar-refractivity contribution is 7.93. The lowest BCUT2D eigenvalue weighted by atomic mass is 10.2. The topological polar surface area (TPSA) is 101 Å². The van der Waals surface area contributed by atoms with Crippen LogP contribution in [0.1, 0.15) is 40.5 Å². The standard InChI is InChI=1S/C12H21NO6S/c1-5-20(17,18)12(9(14)15)7-6-8-13(12)10(16)19-11(2,3)4/h5-8H2,1-4H3,(H,14,15). The Morgan fingerprint density at radius 1 is 1.35 bits per heavy atom. The Kier molecular flexibility index (Phi) is 4.38. The second-order valence-electron chi connectivity index (χ2n) is 5.73. The summed E-state index contributed by atoms with van der Waals surface area (Å²) >= 11 is 0. The average molecular weight is 307 g/mol. The van der Waals surface area contributed by atoms with Crippen LogP contribution < -0.4 is 0 Å². The van der Waals surface area contributed by atoms with Gasteiger partial charge in [-0.05, 0) is 33.6 Å². The molecule has 0 aromatic rings. The molecule has 1 rings (SSSR count). The van der Waals surface area contributed by atoms with E-state index in [4.69, 9.17) is 4.74 Å². The van der Waals surface area contributed by atoms with Gasteiger partial charge in [0.05, 0.1) is 5.75 Å². The van der Waals surface area contributed by atoms with E-state index in [0.29, 0.717) is 6.42 Å². The summed E-state index contributed by atoms with van der Waals surface area (Å²) < 4.78 is 29.6. The molecule has 1 fully saturated rings. The predicted octanol–water partition coefficient (Wildman–Crippen LogP) is 1.23. The van der Waals surface area contributed by atoms with Gasteiger partial charge in [-0.15, -0.1) is 0 Å². The largest absolute Gasteiger partial charge is 0.479 e. The number of ether oxygens (including phenoxy) is 1. The number of carbonyl (C=O) groups excluding carboxylic acids is 1. The number of sulfone groups is 1. The van der Waals surface area contributed by atoms with E-state index in [1.807, 2.05) is 0 Å². The summed E-state index contributed by atoms with van der Waals surface area (Å²) in [7, 11) is -3.98. The number of hydrogen-bond donors (Lipinski definition) is 1. The molecule has 1 atom stereocenters. The van der Waals surface area contributed by atoms with Gasteiger partial charge in [0.25, 0.3) is 0 Å². The first-order chi connectivity index (χ1) is 8.98. The van der Waals surface area contributed by atoms with Crippen molar-refractivity contribution in [1.29, 1.82) is 0 Å². The highest BCUT2D eigenvalue weighted by Gasteiger charge is 2.60. The Hall–Kier alpha value is -1.31. The summed E-state index contributed by atoms with van der Waals surface area (Å²) in [5.74, 6) is -1.87. The first-order valence-corrected chi connectivity index (χ1v) is 8.09. The lowest BCUT2D eigenvalue weighted by Gasteiger charge is -2.34. The zero-order valence-electron chi connectivity index (χ0n) is 12.2. The molecule has 7 nitrogen and oxygen atoms in total. The van der Waals surface area contributed by atoms with Gasteiger partial charge in [0, 0.05) is 6.54 Å². The van der Waals surface area contributed by atoms with Gasteiger partial charge in [-0.3, -0.25) is 4.90 Å². The van der Waals surface area contributed by atoms with Crippen LogP contribution >= 0.6 is 0 Å². The fraction of sp³-hybridized carbons (Fsp3) is 0.833.